The van der Waals surface area contributed by atoms with E-state index in [4.69, 9.17) is 14.2 Å². The monoisotopic (exact) mass is 1410 g/mol. The van der Waals surface area contributed by atoms with Crippen LogP contribution < -0.4 is 0 Å². The number of ether oxygens (including phenoxy) is 3. The summed E-state index contributed by atoms with van der Waals surface area (Å²) in [4.78, 5) is 8.22. The molecule has 3 saturated heterocycles. The van der Waals surface area contributed by atoms with Crippen molar-refractivity contribution in [1.82, 2.24) is 19.9 Å². The molecular formula is C59H37F17N4O12S3. The molecule has 0 aliphatic carbocycles. The van der Waals surface area contributed by atoms with E-state index in [0.717, 1.165) is 0 Å². The van der Waals surface area contributed by atoms with Gasteiger partial charge in [-0.05, 0) is 48.6 Å². The molecule has 3 aromatic heterocycles. The number of aromatic nitrogens is 4. The van der Waals surface area contributed by atoms with Crippen LogP contribution >= 0.6 is 35.3 Å². The Kier molecular flexibility index (Phi) is 18.3. The summed E-state index contributed by atoms with van der Waals surface area (Å²) >= 11 is -0.748. The average molecular weight is 1410 g/mol. The molecular weight excluding hydrogens is 1380 g/mol. The number of hydrogen-bond acceptors (Lipinski definition) is 17. The molecule has 0 saturated carbocycles. The summed E-state index contributed by atoms with van der Waals surface area (Å²) in [5.74, 6) is -41.6. The van der Waals surface area contributed by atoms with Crippen LogP contribution in [0.15, 0.2) is 39.0 Å². The maximum atomic E-state index is 17.2. The maximum Gasteiger partial charge on any atom is 0.200 e. The van der Waals surface area contributed by atoms with E-state index in [1.54, 1.807) is 0 Å². The van der Waals surface area contributed by atoms with Crippen LogP contribution in [0.1, 0.15) is 22.8 Å². The number of aliphatic hydroxyl groups is 9. The van der Waals surface area contributed by atoms with Gasteiger partial charge in [-0.25, -0.2) is 84.6 Å². The van der Waals surface area contributed by atoms with Gasteiger partial charge < -0.3 is 70.1 Å². The molecule has 502 valence electrons. The molecule has 5 aliphatic rings. The molecule has 0 spiro atoms. The number of aromatic amines is 2. The summed E-state index contributed by atoms with van der Waals surface area (Å²) in [6, 6.07) is 2.65. The highest BCUT2D eigenvalue weighted by Gasteiger charge is 2.45. The first kappa shape index (κ1) is 67.8. The van der Waals surface area contributed by atoms with Gasteiger partial charge in [0.15, 0.2) is 93.1 Å². The van der Waals surface area contributed by atoms with Crippen molar-refractivity contribution in [2.24, 2.45) is 0 Å². The van der Waals surface area contributed by atoms with Crippen LogP contribution in [-0.2, 0) is 14.2 Å². The quantitative estimate of drug-likeness (QED) is 0.0346. The molecule has 8 heterocycles. The van der Waals surface area contributed by atoms with Crippen molar-refractivity contribution in [2.75, 3.05) is 19.8 Å². The molecule has 12 rings (SSSR count). The van der Waals surface area contributed by atoms with E-state index in [1.807, 2.05) is 0 Å². The van der Waals surface area contributed by atoms with E-state index < -0.39 is 294 Å². The molecule has 0 amide bonds. The summed E-state index contributed by atoms with van der Waals surface area (Å²) in [6.45, 7) is -2.39. The minimum atomic E-state index is -2.75. The largest absolute Gasteiger partial charge is 0.388 e. The Hall–Kier alpha value is -7.14. The highest BCUT2D eigenvalue weighted by molar-refractivity contribution is 8.00. The third-order valence-corrected chi connectivity index (χ3v) is 19.4. The smallest absolute Gasteiger partial charge is 0.200 e. The lowest BCUT2D eigenvalue weighted by atomic mass is 10.0. The van der Waals surface area contributed by atoms with Crippen LogP contribution in [0.2, 0.25) is 0 Å². The Morgan fingerprint density at radius 2 is 0.484 bits per heavy atom. The second-order valence-electron chi connectivity index (χ2n) is 21.4. The molecule has 11 N–H and O–H groups in total. The molecule has 3 fully saturated rings. The van der Waals surface area contributed by atoms with Crippen LogP contribution in [0.3, 0.4) is 0 Å². The number of nitrogens with zero attached hydrogens (tertiary/aromatic N) is 2. The van der Waals surface area contributed by atoms with Crippen LogP contribution in [0, 0.1) is 98.9 Å². The SMILES string of the molecule is O[C@@H]1[C@@H](O)[C@H](Sc2c(F)c(F)c(-c3c4nc(c(-c5c(F)c(F)c(S[C@@H]6OC[C@@H](O)[C@H](O)[C@H]6O)c(F)c5F)c5ccc([nH]5)c(-c5c(F)c(F)c(S[C@@H]6OC[C@@H](O)[C@H](O)[C@H]6O)c(F)c5F)c5nc(c(-c6c(F)c(F)c(F)c(F)c6F)c6ccc3[nH]6)C=C5)C=C4)c(F)c2F)OC[C@H]1O. The van der Waals surface area contributed by atoms with Gasteiger partial charge in [-0.2, -0.15) is 0 Å². The van der Waals surface area contributed by atoms with Crippen molar-refractivity contribution in [3.05, 3.63) is 146 Å². The first-order valence-electron chi connectivity index (χ1n) is 27.2. The Morgan fingerprint density at radius 3 is 0.705 bits per heavy atom. The highest BCUT2D eigenvalue weighted by Crippen LogP contribution is 2.49. The molecule has 12 atom stereocenters. The maximum absolute atomic E-state index is 17.2. The molecule has 95 heavy (non-hydrogen) atoms. The van der Waals surface area contributed by atoms with Gasteiger partial charge in [0.1, 0.15) is 71.2 Å². The van der Waals surface area contributed by atoms with E-state index in [2.05, 4.69) is 19.9 Å². The number of hydrogen-bond donors (Lipinski definition) is 11. The molecule has 0 unspecified atom stereocenters. The zero-order valence-corrected chi connectivity index (χ0v) is 48.9. The van der Waals surface area contributed by atoms with Crippen LogP contribution in [-0.4, -0.2) is 157 Å². The Balaban J connectivity index is 1.20. The van der Waals surface area contributed by atoms with Crippen LogP contribution in [0.4, 0.5) is 74.6 Å². The minimum absolute atomic E-state index is 0.249. The van der Waals surface area contributed by atoms with Crippen molar-refractivity contribution in [3.63, 3.8) is 0 Å². The molecule has 8 bridgehead atoms. The molecule has 5 aliphatic heterocycles. The predicted molar refractivity (Wildman–Crippen MR) is 301 cm³/mol. The van der Waals surface area contributed by atoms with Gasteiger partial charge in [-0.15, -0.1) is 0 Å². The van der Waals surface area contributed by atoms with Crippen LogP contribution in [0.25, 0.3) is 90.9 Å². The summed E-state index contributed by atoms with van der Waals surface area (Å²) in [7, 11) is 0. The number of thioether (sulfide) groups is 3. The third-order valence-electron chi connectivity index (χ3n) is 15.7. The molecule has 7 aromatic rings. The van der Waals surface area contributed by atoms with Crippen molar-refractivity contribution < 1.29 is 135 Å². The molecule has 4 aromatic carbocycles. The number of aliphatic hydroxyl groups excluding tert-OH is 9. The van der Waals surface area contributed by atoms with Gasteiger partial charge in [0.25, 0.3) is 0 Å². The Labute approximate surface area is 530 Å². The number of halogens is 17. The lowest BCUT2D eigenvalue weighted by Crippen LogP contribution is -2.51. The predicted octanol–water partition coefficient (Wildman–Crippen LogP) is 9.28. The van der Waals surface area contributed by atoms with E-state index >= 15 is 70.2 Å². The van der Waals surface area contributed by atoms with E-state index in [1.165, 1.54) is 0 Å². The number of H-pyrrole nitrogens is 2. The van der Waals surface area contributed by atoms with Gasteiger partial charge in [0, 0.05) is 44.3 Å². The number of benzene rings is 4. The fourth-order valence-electron chi connectivity index (χ4n) is 10.9. The third kappa shape index (κ3) is 11.2. The zero-order valence-electron chi connectivity index (χ0n) is 46.5. The van der Waals surface area contributed by atoms with Gasteiger partial charge >= 0.3 is 0 Å². The second-order valence-corrected chi connectivity index (χ2v) is 24.8. The zero-order chi connectivity index (χ0) is 68.6. The van der Waals surface area contributed by atoms with Gasteiger partial charge in [0.05, 0.1) is 79.5 Å². The van der Waals surface area contributed by atoms with Gasteiger partial charge in [0.2, 0.25) is 5.82 Å². The van der Waals surface area contributed by atoms with E-state index in [-0.39, 0.29) is 35.3 Å². The summed E-state index contributed by atoms with van der Waals surface area (Å²) in [6.07, 6.45) is -15.5. The van der Waals surface area contributed by atoms with Gasteiger partial charge in [-0.1, -0.05) is 35.3 Å². The molecule has 36 heteroatoms. The molecule has 16 nitrogen and oxygen atoms in total. The Bertz CT molecular complexity index is 4410. The fraction of sp³-hybridized carbons (Fsp3) is 0.254. The number of nitrogens with one attached hydrogen (secondary N) is 2. The average Bonchev–Trinajstić information content (AvgIpc) is 1.68. The lowest BCUT2D eigenvalue weighted by molar-refractivity contribution is -0.161. The van der Waals surface area contributed by atoms with Crippen molar-refractivity contribution in [1.29, 1.82) is 0 Å². The summed E-state index contributed by atoms with van der Waals surface area (Å²) in [5.41, 5.74) is -26.3. The molecule has 0 radical (unpaired) electrons. The normalized spacial score (nSPS) is 24.5. The minimum Gasteiger partial charge on any atom is -0.388 e. The first-order chi connectivity index (χ1) is 44.9. The van der Waals surface area contributed by atoms with Crippen molar-refractivity contribution >= 4 is 81.7 Å². The van der Waals surface area contributed by atoms with Crippen molar-refractivity contribution in [2.45, 2.75) is 85.9 Å². The number of rotatable bonds is 10. The number of fused-ring (bicyclic) bond motifs is 8. The first-order valence-corrected chi connectivity index (χ1v) is 29.8. The van der Waals surface area contributed by atoms with Crippen LogP contribution in [0.5, 0.6) is 0 Å². The summed E-state index contributed by atoms with van der Waals surface area (Å²) in [5, 5.41) is 92.2. The highest BCUT2D eigenvalue weighted by atomic mass is 32.2. The summed E-state index contributed by atoms with van der Waals surface area (Å²) < 4.78 is 297. The van der Waals surface area contributed by atoms with E-state index in [9.17, 15) is 50.3 Å². The van der Waals surface area contributed by atoms with E-state index in [0.29, 0.717) is 48.6 Å². The topological polar surface area (TPSA) is 267 Å². The second kappa shape index (κ2) is 25.7. The standard InChI is InChI=1S/C59H37F17N4O12S3/c60-31-27(32(61)40(69)41(70)39(31)68)23-12-1-3-14(77-12)24(28-33(62)42(71)54(43(72)34(28)63)93-57-51(87)48(84)20(81)9-90-57)16-5-7-18(79-16)26(30-37(66)46(75)56(47(76)38(30)67)95-59-53(89)50(86)22(83)11-92-59)19-8-6-17(80-19)25(15-4-2-13(23)78-15)29-35(64)44(73)55(45(74)36(29)65)94-58-52(88)49(85)21(82)10-91-58/h1-8,20-22,48-53,57-59,77,80-89H,9-11H2/t20-,21-,22-,48+,49+,50+,51-,52-,53-,57+,58+,59+/m1/s1. The fourth-order valence-corrected chi connectivity index (χ4v) is 14.1. The Morgan fingerprint density at radius 1 is 0.284 bits per heavy atom. The van der Waals surface area contributed by atoms with Gasteiger partial charge in [-0.3, -0.25) is 0 Å². The van der Waals surface area contributed by atoms with Crippen molar-refractivity contribution in [3.8, 4) is 44.5 Å². The lowest BCUT2D eigenvalue weighted by Gasteiger charge is -2.34.